The summed E-state index contributed by atoms with van der Waals surface area (Å²) in [5, 5.41) is 3.35. The van der Waals surface area contributed by atoms with Crippen molar-refractivity contribution in [3.05, 3.63) is 35.2 Å². The van der Waals surface area contributed by atoms with Gasteiger partial charge in [0.15, 0.2) is 0 Å². The summed E-state index contributed by atoms with van der Waals surface area (Å²) in [4.78, 5) is 0. The van der Waals surface area contributed by atoms with E-state index < -0.39 is 0 Å². The van der Waals surface area contributed by atoms with Gasteiger partial charge in [0.1, 0.15) is 5.82 Å². The van der Waals surface area contributed by atoms with Gasteiger partial charge >= 0.3 is 0 Å². The van der Waals surface area contributed by atoms with Crippen LogP contribution in [0.4, 0.5) is 10.1 Å². The minimum Gasteiger partial charge on any atom is -0.376 e. The van der Waals surface area contributed by atoms with E-state index >= 15 is 0 Å². The van der Waals surface area contributed by atoms with Crippen LogP contribution < -0.4 is 5.32 Å². The van der Waals surface area contributed by atoms with E-state index in [4.69, 9.17) is 0 Å². The molecule has 1 N–H and O–H groups in total. The van der Waals surface area contributed by atoms with E-state index in [1.807, 2.05) is 6.08 Å². The Bertz CT molecular complexity index is 405. The van der Waals surface area contributed by atoms with Crippen LogP contribution in [0, 0.1) is 12.7 Å². The van der Waals surface area contributed by atoms with Crippen LogP contribution in [0.25, 0.3) is 6.08 Å². The predicted molar refractivity (Wildman–Crippen MR) is 57.9 cm³/mol. The molecule has 1 heterocycles. The third kappa shape index (κ3) is 1.41. The van der Waals surface area contributed by atoms with Gasteiger partial charge in [0.2, 0.25) is 0 Å². The second-order valence-corrected chi connectivity index (χ2v) is 4.31. The second-order valence-electron chi connectivity index (χ2n) is 4.31. The van der Waals surface area contributed by atoms with Crippen LogP contribution in [0.15, 0.2) is 18.2 Å². The first-order valence-corrected chi connectivity index (χ1v) is 4.76. The SMILES string of the molecule is Cc1c(F)ccc2c1C=CC(C)(C)N2. The molecule has 0 radical (unpaired) electrons. The van der Waals surface area contributed by atoms with E-state index in [1.165, 1.54) is 6.07 Å². The predicted octanol–water partition coefficient (Wildman–Crippen LogP) is 3.35. The van der Waals surface area contributed by atoms with Crippen LogP contribution in [-0.4, -0.2) is 5.54 Å². The van der Waals surface area contributed by atoms with Gasteiger partial charge in [0.25, 0.3) is 0 Å². The van der Waals surface area contributed by atoms with Gasteiger partial charge in [-0.1, -0.05) is 12.2 Å². The molecule has 14 heavy (non-hydrogen) atoms. The molecular weight excluding hydrogens is 177 g/mol. The number of anilines is 1. The van der Waals surface area contributed by atoms with E-state index in [9.17, 15) is 4.39 Å². The molecule has 1 aliphatic heterocycles. The monoisotopic (exact) mass is 191 g/mol. The zero-order chi connectivity index (χ0) is 10.3. The third-order valence-corrected chi connectivity index (χ3v) is 2.57. The topological polar surface area (TPSA) is 12.0 Å². The maximum absolute atomic E-state index is 13.2. The van der Waals surface area contributed by atoms with Crippen molar-refractivity contribution in [1.29, 1.82) is 0 Å². The average molecular weight is 191 g/mol. The van der Waals surface area contributed by atoms with E-state index in [-0.39, 0.29) is 11.4 Å². The minimum atomic E-state index is -0.144. The highest BCUT2D eigenvalue weighted by atomic mass is 19.1. The molecule has 1 aromatic carbocycles. The van der Waals surface area contributed by atoms with Gasteiger partial charge in [-0.2, -0.15) is 0 Å². The molecule has 0 bridgehead atoms. The third-order valence-electron chi connectivity index (χ3n) is 2.57. The molecule has 1 nitrogen and oxygen atoms in total. The fourth-order valence-corrected chi connectivity index (χ4v) is 1.71. The van der Waals surface area contributed by atoms with Crippen LogP contribution in [0.1, 0.15) is 25.0 Å². The Labute approximate surface area is 83.6 Å². The highest BCUT2D eigenvalue weighted by molar-refractivity contribution is 5.74. The molecule has 0 amide bonds. The summed E-state index contributed by atoms with van der Waals surface area (Å²) >= 11 is 0. The lowest BCUT2D eigenvalue weighted by molar-refractivity contribution is 0.617. The van der Waals surface area contributed by atoms with Gasteiger partial charge in [0, 0.05) is 11.3 Å². The largest absolute Gasteiger partial charge is 0.376 e. The van der Waals surface area contributed by atoms with Crippen LogP contribution in [0.2, 0.25) is 0 Å². The summed E-state index contributed by atoms with van der Waals surface area (Å²) in [6, 6.07) is 3.30. The molecule has 1 aromatic rings. The molecule has 0 unspecified atom stereocenters. The lowest BCUT2D eigenvalue weighted by Gasteiger charge is -2.29. The summed E-state index contributed by atoms with van der Waals surface area (Å²) in [6.07, 6.45) is 4.05. The quantitative estimate of drug-likeness (QED) is 0.663. The summed E-state index contributed by atoms with van der Waals surface area (Å²) < 4.78 is 13.2. The Hall–Kier alpha value is -1.31. The Balaban J connectivity index is 2.56. The van der Waals surface area contributed by atoms with Crippen molar-refractivity contribution < 1.29 is 4.39 Å². The Morgan fingerprint density at radius 3 is 2.71 bits per heavy atom. The van der Waals surface area contributed by atoms with Gasteiger partial charge in [-0.25, -0.2) is 4.39 Å². The number of benzene rings is 1. The van der Waals surface area contributed by atoms with Crippen molar-refractivity contribution >= 4 is 11.8 Å². The summed E-state index contributed by atoms with van der Waals surface area (Å²) in [5.41, 5.74) is 2.64. The summed E-state index contributed by atoms with van der Waals surface area (Å²) in [5.74, 6) is -0.144. The van der Waals surface area contributed by atoms with Gasteiger partial charge < -0.3 is 5.32 Å². The molecule has 1 aliphatic rings. The fraction of sp³-hybridized carbons (Fsp3) is 0.333. The molecule has 0 aromatic heterocycles. The fourth-order valence-electron chi connectivity index (χ4n) is 1.71. The first kappa shape index (κ1) is 9.25. The molecule has 0 spiro atoms. The molecule has 0 fully saturated rings. The van der Waals surface area contributed by atoms with Crippen molar-refractivity contribution in [2.24, 2.45) is 0 Å². The standard InChI is InChI=1S/C12H14FN/c1-8-9-6-7-12(2,3)14-11(9)5-4-10(8)13/h4-7,14H,1-3H3. The summed E-state index contributed by atoms with van der Waals surface area (Å²) in [6.45, 7) is 5.98. The van der Waals surface area contributed by atoms with Crippen molar-refractivity contribution in [2.45, 2.75) is 26.3 Å². The normalized spacial score (nSPS) is 17.4. The molecule has 74 valence electrons. The number of hydrogen-bond donors (Lipinski definition) is 1. The van der Waals surface area contributed by atoms with Crippen LogP contribution in [0.3, 0.4) is 0 Å². The second kappa shape index (κ2) is 2.84. The number of halogens is 1. The zero-order valence-electron chi connectivity index (χ0n) is 8.69. The van der Waals surface area contributed by atoms with Gasteiger partial charge in [-0.05, 0) is 38.5 Å². The molecule has 0 aliphatic carbocycles. The molecule has 0 atom stereocenters. The molecule has 2 heteroatoms. The summed E-state index contributed by atoms with van der Waals surface area (Å²) in [7, 11) is 0. The van der Waals surface area contributed by atoms with Crippen molar-refractivity contribution in [1.82, 2.24) is 0 Å². The van der Waals surface area contributed by atoms with E-state index in [0.717, 1.165) is 11.3 Å². The van der Waals surface area contributed by atoms with E-state index in [1.54, 1.807) is 13.0 Å². The van der Waals surface area contributed by atoms with E-state index in [2.05, 4.69) is 25.2 Å². The van der Waals surface area contributed by atoms with Gasteiger partial charge in [0.05, 0.1) is 5.54 Å². The highest BCUT2D eigenvalue weighted by Gasteiger charge is 2.20. The first-order chi connectivity index (χ1) is 6.49. The lowest BCUT2D eigenvalue weighted by Crippen LogP contribution is -2.30. The maximum Gasteiger partial charge on any atom is 0.126 e. The maximum atomic E-state index is 13.2. The number of rotatable bonds is 0. The first-order valence-electron chi connectivity index (χ1n) is 4.76. The minimum absolute atomic E-state index is 0.0444. The molecule has 2 rings (SSSR count). The average Bonchev–Trinajstić information content (AvgIpc) is 2.10. The number of nitrogens with one attached hydrogen (secondary N) is 1. The van der Waals surface area contributed by atoms with Crippen molar-refractivity contribution in [3.63, 3.8) is 0 Å². The highest BCUT2D eigenvalue weighted by Crippen LogP contribution is 2.31. The zero-order valence-corrected chi connectivity index (χ0v) is 8.69. The Morgan fingerprint density at radius 2 is 2.00 bits per heavy atom. The van der Waals surface area contributed by atoms with Crippen LogP contribution in [0.5, 0.6) is 0 Å². The van der Waals surface area contributed by atoms with Crippen LogP contribution >= 0.6 is 0 Å². The Kier molecular flexibility index (Phi) is 1.88. The van der Waals surface area contributed by atoms with E-state index in [0.29, 0.717) is 5.56 Å². The molecule has 0 saturated heterocycles. The van der Waals surface area contributed by atoms with Crippen LogP contribution in [-0.2, 0) is 0 Å². The van der Waals surface area contributed by atoms with Crippen molar-refractivity contribution in [3.8, 4) is 0 Å². The lowest BCUT2D eigenvalue weighted by atomic mass is 9.94. The van der Waals surface area contributed by atoms with Crippen molar-refractivity contribution in [2.75, 3.05) is 5.32 Å². The van der Waals surface area contributed by atoms with Gasteiger partial charge in [-0.3, -0.25) is 0 Å². The molecular formula is C12H14FN. The molecule has 0 saturated carbocycles. The number of fused-ring (bicyclic) bond motifs is 1. The smallest absolute Gasteiger partial charge is 0.126 e. The Morgan fingerprint density at radius 1 is 1.29 bits per heavy atom. The van der Waals surface area contributed by atoms with Gasteiger partial charge in [-0.15, -0.1) is 0 Å². The number of hydrogen-bond acceptors (Lipinski definition) is 1.